The highest BCUT2D eigenvalue weighted by Crippen LogP contribution is 2.36. The van der Waals surface area contributed by atoms with Crippen LogP contribution in [-0.4, -0.2) is 0 Å². The van der Waals surface area contributed by atoms with Gasteiger partial charge in [-0.3, -0.25) is 0 Å². The van der Waals surface area contributed by atoms with Crippen molar-refractivity contribution in [2.45, 2.75) is 24.5 Å². The lowest BCUT2D eigenvalue weighted by atomic mass is 10.2. The van der Waals surface area contributed by atoms with Gasteiger partial charge in [-0.1, -0.05) is 79.0 Å². The monoisotopic (exact) mass is 397 g/mol. The average Bonchev–Trinajstić information content (AvgIpc) is 2.77. The molecule has 0 N–H and O–H groups in total. The Morgan fingerprint density at radius 3 is 1.68 bits per heavy atom. The molecule has 0 aliphatic rings. The summed E-state index contributed by atoms with van der Waals surface area (Å²) in [6.45, 7) is 4.07. The number of hydrogen-bond acceptors (Lipinski definition) is 1. The summed E-state index contributed by atoms with van der Waals surface area (Å²) in [5, 5.41) is 0. The van der Waals surface area contributed by atoms with Gasteiger partial charge in [-0.15, -0.1) is 0 Å². The molecule has 0 heterocycles. The smallest absolute Gasteiger partial charge is 0.0984 e. The van der Waals surface area contributed by atoms with Crippen LogP contribution in [0.1, 0.15) is 5.56 Å². The average molecular weight is 398 g/mol. The van der Waals surface area contributed by atoms with Gasteiger partial charge in [0, 0.05) is 15.9 Å². The maximum absolute atomic E-state index is 4.07. The van der Waals surface area contributed by atoms with E-state index < -0.39 is 0 Å². The van der Waals surface area contributed by atoms with Crippen molar-refractivity contribution >= 4 is 28.7 Å². The molecule has 0 spiro atoms. The van der Waals surface area contributed by atoms with Crippen LogP contribution in [0.5, 0.6) is 0 Å². The maximum atomic E-state index is 4.07. The first-order chi connectivity index (χ1) is 13.8. The van der Waals surface area contributed by atoms with Crippen molar-refractivity contribution < 1.29 is 0 Å². The molecule has 0 amide bonds. The Balaban J connectivity index is 1.76. The highest BCUT2D eigenvalue weighted by Gasteiger charge is 2.28. The molecule has 2 heteroatoms. The van der Waals surface area contributed by atoms with E-state index in [1.807, 2.05) is 12.1 Å². The van der Waals surface area contributed by atoms with E-state index in [0.717, 1.165) is 0 Å². The van der Waals surface area contributed by atoms with Gasteiger partial charge in [0.25, 0.3) is 0 Å². The van der Waals surface area contributed by atoms with Crippen molar-refractivity contribution in [3.05, 3.63) is 121 Å². The topological polar surface area (TPSA) is 0 Å². The van der Waals surface area contributed by atoms with Gasteiger partial charge in [-0.05, 0) is 54.1 Å². The van der Waals surface area contributed by atoms with E-state index in [4.69, 9.17) is 0 Å². The largest absolute Gasteiger partial charge is 0.167 e. The van der Waals surface area contributed by atoms with Crippen LogP contribution in [0.15, 0.2) is 140 Å². The third kappa shape index (κ3) is 4.24. The fourth-order valence-corrected chi connectivity index (χ4v) is 6.11. The summed E-state index contributed by atoms with van der Waals surface area (Å²) in [7, 11) is -0.138. The van der Waals surface area contributed by atoms with Crippen molar-refractivity contribution in [1.82, 2.24) is 0 Å². The zero-order valence-corrected chi connectivity index (χ0v) is 17.1. The Labute approximate surface area is 174 Å². The molecule has 0 nitrogen and oxygen atoms in total. The SMILES string of the molecule is C=Cc1cc([S+](c2ccccc2)c2ccccc2)ccc1Sc1ccccc1. The fourth-order valence-electron chi connectivity index (χ4n) is 3.04. The number of hydrogen-bond donors (Lipinski definition) is 0. The molecule has 0 radical (unpaired) electrons. The van der Waals surface area contributed by atoms with Crippen molar-refractivity contribution in [1.29, 1.82) is 0 Å². The quantitative estimate of drug-likeness (QED) is 0.302. The normalized spacial score (nSPS) is 10.8. The highest BCUT2D eigenvalue weighted by molar-refractivity contribution is 7.99. The Bertz CT molecular complexity index is 1000. The van der Waals surface area contributed by atoms with E-state index in [1.54, 1.807) is 11.8 Å². The van der Waals surface area contributed by atoms with Crippen molar-refractivity contribution in [2.24, 2.45) is 0 Å². The second-order valence-electron chi connectivity index (χ2n) is 6.25. The summed E-state index contributed by atoms with van der Waals surface area (Å²) in [5.41, 5.74) is 1.18. The summed E-state index contributed by atoms with van der Waals surface area (Å²) in [5.74, 6) is 0. The van der Waals surface area contributed by atoms with Gasteiger partial charge in [0.1, 0.15) is 0 Å². The molecule has 136 valence electrons. The summed E-state index contributed by atoms with van der Waals surface area (Å²) < 4.78 is 0. The van der Waals surface area contributed by atoms with Crippen LogP contribution < -0.4 is 0 Å². The molecule has 0 aliphatic carbocycles. The third-order valence-corrected chi connectivity index (χ3v) is 7.68. The molecule has 0 aliphatic heterocycles. The molecule has 0 aromatic heterocycles. The number of rotatable bonds is 6. The molecular weight excluding hydrogens is 376 g/mol. The van der Waals surface area contributed by atoms with Gasteiger partial charge in [0.15, 0.2) is 14.7 Å². The minimum absolute atomic E-state index is 0.138. The summed E-state index contributed by atoms with van der Waals surface area (Å²) in [4.78, 5) is 6.43. The van der Waals surface area contributed by atoms with E-state index in [-0.39, 0.29) is 10.9 Å². The van der Waals surface area contributed by atoms with Gasteiger partial charge in [-0.25, -0.2) is 0 Å². The number of benzene rings is 4. The molecule has 28 heavy (non-hydrogen) atoms. The lowest BCUT2D eigenvalue weighted by molar-refractivity contribution is 1.27. The van der Waals surface area contributed by atoms with Crippen LogP contribution in [0.4, 0.5) is 0 Å². The van der Waals surface area contributed by atoms with E-state index in [2.05, 4.69) is 110 Å². The van der Waals surface area contributed by atoms with E-state index >= 15 is 0 Å². The molecule has 0 atom stereocenters. The van der Waals surface area contributed by atoms with Crippen LogP contribution in [0.25, 0.3) is 6.08 Å². The van der Waals surface area contributed by atoms with Crippen LogP contribution >= 0.6 is 11.8 Å². The van der Waals surface area contributed by atoms with Gasteiger partial charge in [0.05, 0.1) is 10.9 Å². The lowest BCUT2D eigenvalue weighted by Crippen LogP contribution is -2.05. The molecule has 0 saturated heterocycles. The minimum Gasteiger partial charge on any atom is -0.0984 e. The van der Waals surface area contributed by atoms with E-state index in [9.17, 15) is 0 Å². The van der Waals surface area contributed by atoms with Crippen molar-refractivity contribution in [3.8, 4) is 0 Å². The zero-order valence-electron chi connectivity index (χ0n) is 15.5. The Hall–Kier alpha value is -2.68. The van der Waals surface area contributed by atoms with Gasteiger partial charge < -0.3 is 0 Å². The molecule has 0 unspecified atom stereocenters. The molecule has 4 aromatic rings. The predicted octanol–water partition coefficient (Wildman–Crippen LogP) is 7.58. The Kier molecular flexibility index (Phi) is 6.01. The molecule has 0 bridgehead atoms. The highest BCUT2D eigenvalue weighted by atomic mass is 32.2. The van der Waals surface area contributed by atoms with Crippen molar-refractivity contribution in [3.63, 3.8) is 0 Å². The standard InChI is InChI=1S/C26H21S2/c1-2-21-20-25(18-19-26(21)27-22-12-6-3-7-13-22)28(23-14-8-4-9-15-23)24-16-10-5-11-17-24/h2-20H,1H2/q+1. The summed E-state index contributed by atoms with van der Waals surface area (Å²) in [6.07, 6.45) is 1.96. The van der Waals surface area contributed by atoms with Gasteiger partial charge >= 0.3 is 0 Å². The second-order valence-corrected chi connectivity index (χ2v) is 9.39. The summed E-state index contributed by atoms with van der Waals surface area (Å²) >= 11 is 1.78. The molecule has 4 aromatic carbocycles. The van der Waals surface area contributed by atoms with Crippen LogP contribution in [0.3, 0.4) is 0 Å². The Morgan fingerprint density at radius 2 is 1.14 bits per heavy atom. The first kappa shape index (κ1) is 18.7. The molecular formula is C26H21S2+. The molecule has 4 rings (SSSR count). The lowest BCUT2D eigenvalue weighted by Gasteiger charge is -2.11. The first-order valence-electron chi connectivity index (χ1n) is 9.19. The third-order valence-electron chi connectivity index (χ3n) is 4.37. The van der Waals surface area contributed by atoms with Crippen LogP contribution in [0.2, 0.25) is 0 Å². The minimum atomic E-state index is -0.138. The van der Waals surface area contributed by atoms with Crippen molar-refractivity contribution in [2.75, 3.05) is 0 Å². The van der Waals surface area contributed by atoms with E-state index in [1.165, 1.54) is 30.0 Å². The van der Waals surface area contributed by atoms with Gasteiger partial charge in [-0.2, -0.15) is 0 Å². The van der Waals surface area contributed by atoms with E-state index in [0.29, 0.717) is 0 Å². The Morgan fingerprint density at radius 1 is 0.607 bits per heavy atom. The second kappa shape index (κ2) is 9.01. The predicted molar refractivity (Wildman–Crippen MR) is 122 cm³/mol. The van der Waals surface area contributed by atoms with Crippen LogP contribution in [-0.2, 0) is 10.9 Å². The fraction of sp³-hybridized carbons (Fsp3) is 0. The van der Waals surface area contributed by atoms with Gasteiger partial charge in [0.2, 0.25) is 0 Å². The molecule has 0 fully saturated rings. The summed E-state index contributed by atoms with van der Waals surface area (Å²) in [6, 6.07) is 38.8. The first-order valence-corrected chi connectivity index (χ1v) is 11.2. The van der Waals surface area contributed by atoms with Crippen LogP contribution in [0, 0.1) is 0 Å². The maximum Gasteiger partial charge on any atom is 0.167 e. The zero-order chi connectivity index (χ0) is 19.2. The molecule has 0 saturated carbocycles.